The van der Waals surface area contributed by atoms with Gasteiger partial charge in [0.25, 0.3) is 0 Å². The number of alkyl halides is 3. The minimum atomic E-state index is -4.99. The van der Waals surface area contributed by atoms with Crippen molar-refractivity contribution in [2.24, 2.45) is 0 Å². The molecular formula is C18H15F4N3O2S2. The Morgan fingerprint density at radius 2 is 1.97 bits per heavy atom. The van der Waals surface area contributed by atoms with Crippen LogP contribution >= 0.6 is 11.3 Å². The molecule has 0 radical (unpaired) electrons. The molecule has 1 N–H and O–H groups in total. The molecule has 1 aromatic carbocycles. The number of halogens is 4. The van der Waals surface area contributed by atoms with Gasteiger partial charge in [0, 0.05) is 29.4 Å². The molecule has 2 heterocycles. The van der Waals surface area contributed by atoms with Crippen LogP contribution in [0.25, 0.3) is 10.6 Å². The number of aromatic nitrogens is 2. The highest BCUT2D eigenvalue weighted by atomic mass is 32.2. The van der Waals surface area contributed by atoms with Crippen molar-refractivity contribution in [2.45, 2.75) is 24.4 Å². The Morgan fingerprint density at radius 1 is 1.21 bits per heavy atom. The lowest BCUT2D eigenvalue weighted by Gasteiger charge is -2.11. The van der Waals surface area contributed by atoms with Gasteiger partial charge >= 0.3 is 6.18 Å². The van der Waals surface area contributed by atoms with E-state index in [4.69, 9.17) is 0 Å². The third kappa shape index (κ3) is 4.98. The number of aryl methyl sites for hydroxylation is 1. The van der Waals surface area contributed by atoms with Crippen molar-refractivity contribution in [1.82, 2.24) is 14.7 Å². The Kier molecular flexibility index (Phi) is 6.01. The van der Waals surface area contributed by atoms with E-state index in [2.05, 4.69) is 14.7 Å². The van der Waals surface area contributed by atoms with E-state index >= 15 is 0 Å². The van der Waals surface area contributed by atoms with E-state index in [1.54, 1.807) is 25.4 Å². The normalized spacial score (nSPS) is 12.3. The Bertz CT molecular complexity index is 1110. The summed E-state index contributed by atoms with van der Waals surface area (Å²) in [4.78, 5) is 8.65. The van der Waals surface area contributed by atoms with Crippen LogP contribution in [0, 0.1) is 12.7 Å². The molecule has 0 spiro atoms. The van der Waals surface area contributed by atoms with Crippen LogP contribution in [-0.4, -0.2) is 24.9 Å². The predicted molar refractivity (Wildman–Crippen MR) is 100 cm³/mol. The van der Waals surface area contributed by atoms with Crippen LogP contribution in [0.2, 0.25) is 0 Å². The Labute approximate surface area is 168 Å². The van der Waals surface area contributed by atoms with Crippen LogP contribution < -0.4 is 4.72 Å². The molecule has 11 heteroatoms. The maximum Gasteiger partial charge on any atom is 0.419 e. The molecule has 0 unspecified atom stereocenters. The molecule has 29 heavy (non-hydrogen) atoms. The highest BCUT2D eigenvalue weighted by Gasteiger charge is 2.35. The van der Waals surface area contributed by atoms with Crippen LogP contribution in [0.4, 0.5) is 17.6 Å². The zero-order valence-electron chi connectivity index (χ0n) is 15.0. The number of benzene rings is 1. The van der Waals surface area contributed by atoms with Gasteiger partial charge in [-0.1, -0.05) is 0 Å². The van der Waals surface area contributed by atoms with Crippen LogP contribution in [-0.2, 0) is 22.6 Å². The molecule has 0 fully saturated rings. The van der Waals surface area contributed by atoms with Gasteiger partial charge in [0.05, 0.1) is 16.2 Å². The van der Waals surface area contributed by atoms with Gasteiger partial charge in [0.1, 0.15) is 10.8 Å². The van der Waals surface area contributed by atoms with E-state index in [0.29, 0.717) is 12.5 Å². The van der Waals surface area contributed by atoms with Gasteiger partial charge in [-0.05, 0) is 43.7 Å². The summed E-state index contributed by atoms with van der Waals surface area (Å²) >= 11 is 1.38. The molecule has 0 saturated carbocycles. The molecule has 0 aliphatic carbocycles. The summed E-state index contributed by atoms with van der Waals surface area (Å²) in [6, 6.07) is 5.20. The maximum absolute atomic E-state index is 13.4. The molecule has 5 nitrogen and oxygen atoms in total. The smallest absolute Gasteiger partial charge is 0.264 e. The number of nitrogens with one attached hydrogen (secondary N) is 1. The van der Waals surface area contributed by atoms with E-state index in [1.165, 1.54) is 11.3 Å². The average molecular weight is 445 g/mol. The maximum atomic E-state index is 13.4. The number of rotatable bonds is 6. The van der Waals surface area contributed by atoms with Gasteiger partial charge in [-0.2, -0.15) is 13.2 Å². The van der Waals surface area contributed by atoms with Gasteiger partial charge in [0.2, 0.25) is 10.0 Å². The first-order valence-electron chi connectivity index (χ1n) is 8.31. The Balaban J connectivity index is 1.71. The van der Waals surface area contributed by atoms with E-state index in [1.807, 2.05) is 6.07 Å². The molecule has 2 aromatic heterocycles. The number of hydrogen-bond acceptors (Lipinski definition) is 5. The first-order chi connectivity index (χ1) is 13.6. The van der Waals surface area contributed by atoms with Crippen molar-refractivity contribution < 1.29 is 26.0 Å². The van der Waals surface area contributed by atoms with E-state index in [9.17, 15) is 26.0 Å². The quantitative estimate of drug-likeness (QED) is 0.578. The number of pyridine rings is 1. The van der Waals surface area contributed by atoms with Gasteiger partial charge < -0.3 is 0 Å². The minimum absolute atomic E-state index is 0.0451. The second-order valence-electron chi connectivity index (χ2n) is 6.06. The molecule has 0 amide bonds. The Morgan fingerprint density at radius 3 is 2.62 bits per heavy atom. The largest absolute Gasteiger partial charge is 0.419 e. The number of sulfonamides is 1. The SMILES string of the molecule is Cc1nc(-c2cccnc2)sc1CCNS(=O)(=O)c1ccc(F)c(C(F)(F)F)c1. The second-order valence-corrected chi connectivity index (χ2v) is 8.91. The lowest BCUT2D eigenvalue weighted by atomic mass is 10.2. The first-order valence-corrected chi connectivity index (χ1v) is 10.6. The molecule has 0 aliphatic heterocycles. The summed E-state index contributed by atoms with van der Waals surface area (Å²) in [5.74, 6) is -1.53. The number of hydrogen-bond donors (Lipinski definition) is 1. The highest BCUT2D eigenvalue weighted by Crippen LogP contribution is 2.33. The lowest BCUT2D eigenvalue weighted by molar-refractivity contribution is -0.140. The highest BCUT2D eigenvalue weighted by molar-refractivity contribution is 7.89. The fourth-order valence-electron chi connectivity index (χ4n) is 2.54. The van der Waals surface area contributed by atoms with Gasteiger partial charge in [0.15, 0.2) is 0 Å². The van der Waals surface area contributed by atoms with Crippen LogP contribution in [0.5, 0.6) is 0 Å². The van der Waals surface area contributed by atoms with Gasteiger partial charge in [-0.3, -0.25) is 4.98 Å². The predicted octanol–water partition coefficient (Wildman–Crippen LogP) is 4.19. The summed E-state index contributed by atoms with van der Waals surface area (Å²) in [6.45, 7) is 1.74. The standard InChI is InChI=1S/C18H15F4N3O2S2/c1-11-16(28-17(25-11)12-3-2-7-23-10-12)6-8-24-29(26,27)13-4-5-15(19)14(9-13)18(20,21)22/h2-5,7,9-10,24H,6,8H2,1H3. The minimum Gasteiger partial charge on any atom is -0.264 e. The molecule has 154 valence electrons. The van der Waals surface area contributed by atoms with Crippen molar-refractivity contribution in [2.75, 3.05) is 6.54 Å². The summed E-state index contributed by atoms with van der Waals surface area (Å²) in [5.41, 5.74) is -0.0626. The number of nitrogens with zero attached hydrogens (tertiary/aromatic N) is 2. The monoisotopic (exact) mass is 445 g/mol. The van der Waals surface area contributed by atoms with Crippen molar-refractivity contribution in [1.29, 1.82) is 0 Å². The fraction of sp³-hybridized carbons (Fsp3) is 0.222. The fourth-order valence-corrected chi connectivity index (χ4v) is 4.65. The lowest BCUT2D eigenvalue weighted by Crippen LogP contribution is -2.26. The van der Waals surface area contributed by atoms with E-state index in [0.717, 1.165) is 27.2 Å². The number of thiazole rings is 1. The second kappa shape index (κ2) is 8.17. The van der Waals surface area contributed by atoms with Crippen molar-refractivity contribution >= 4 is 21.4 Å². The first kappa shape index (κ1) is 21.3. The third-order valence-electron chi connectivity index (χ3n) is 4.00. The van der Waals surface area contributed by atoms with Crippen LogP contribution in [0.1, 0.15) is 16.1 Å². The summed E-state index contributed by atoms with van der Waals surface area (Å²) in [6.07, 6.45) is -1.38. The van der Waals surface area contributed by atoms with Gasteiger partial charge in [-0.25, -0.2) is 22.5 Å². The molecule has 0 saturated heterocycles. The molecule has 3 rings (SSSR count). The molecule has 3 aromatic rings. The molecular weight excluding hydrogens is 430 g/mol. The van der Waals surface area contributed by atoms with Crippen molar-refractivity contribution in [3.8, 4) is 10.6 Å². The van der Waals surface area contributed by atoms with Gasteiger partial charge in [-0.15, -0.1) is 11.3 Å². The summed E-state index contributed by atoms with van der Waals surface area (Å²) in [7, 11) is -4.23. The van der Waals surface area contributed by atoms with Crippen molar-refractivity contribution in [3.05, 3.63) is 64.7 Å². The summed E-state index contributed by atoms with van der Waals surface area (Å²) in [5, 5.41) is 0.738. The molecule has 0 atom stereocenters. The third-order valence-corrected chi connectivity index (χ3v) is 6.72. The van der Waals surface area contributed by atoms with E-state index < -0.39 is 32.5 Å². The van der Waals surface area contributed by atoms with E-state index in [-0.39, 0.29) is 12.6 Å². The van der Waals surface area contributed by atoms with Crippen molar-refractivity contribution in [3.63, 3.8) is 0 Å². The average Bonchev–Trinajstić information content (AvgIpc) is 3.02. The summed E-state index contributed by atoms with van der Waals surface area (Å²) < 4.78 is 78.7. The topological polar surface area (TPSA) is 72.0 Å². The zero-order valence-corrected chi connectivity index (χ0v) is 16.6. The molecule has 0 bridgehead atoms. The zero-order chi connectivity index (χ0) is 21.2. The van der Waals surface area contributed by atoms with Crippen LogP contribution in [0.3, 0.4) is 0 Å². The Hall–Kier alpha value is -2.37. The van der Waals surface area contributed by atoms with Crippen LogP contribution in [0.15, 0.2) is 47.6 Å². The molecule has 0 aliphatic rings.